The fourth-order valence-corrected chi connectivity index (χ4v) is 3.75. The molecule has 0 bridgehead atoms. The summed E-state index contributed by atoms with van der Waals surface area (Å²) in [5.74, 6) is -0.964. The summed E-state index contributed by atoms with van der Waals surface area (Å²) in [6.07, 6.45) is 2.23. The van der Waals surface area contributed by atoms with Crippen molar-refractivity contribution in [3.05, 3.63) is 83.4 Å². The minimum Gasteiger partial charge on any atom is -0.337 e. The fraction of sp³-hybridized carbons (Fsp3) is 0.261. The van der Waals surface area contributed by atoms with E-state index in [1.807, 2.05) is 37.3 Å². The van der Waals surface area contributed by atoms with Crippen LogP contribution < -0.4 is 0 Å². The zero-order valence-electron chi connectivity index (χ0n) is 16.8. The molecule has 0 spiro atoms. The van der Waals surface area contributed by atoms with E-state index in [4.69, 9.17) is 0 Å². The maximum atomic E-state index is 14.0. The lowest BCUT2D eigenvalue weighted by Crippen LogP contribution is -2.37. The van der Waals surface area contributed by atoms with Gasteiger partial charge in [-0.25, -0.2) is 9.07 Å². The van der Waals surface area contributed by atoms with E-state index in [9.17, 15) is 14.0 Å². The van der Waals surface area contributed by atoms with E-state index in [2.05, 4.69) is 5.10 Å². The van der Waals surface area contributed by atoms with E-state index in [0.29, 0.717) is 38.2 Å². The van der Waals surface area contributed by atoms with Gasteiger partial charge in [0.25, 0.3) is 11.8 Å². The quantitative estimate of drug-likeness (QED) is 0.671. The molecule has 1 aliphatic rings. The maximum absolute atomic E-state index is 14.0. The van der Waals surface area contributed by atoms with Gasteiger partial charge in [0.05, 0.1) is 28.7 Å². The van der Waals surface area contributed by atoms with Crippen molar-refractivity contribution in [1.29, 1.82) is 0 Å². The summed E-state index contributed by atoms with van der Waals surface area (Å²) in [6, 6.07) is 15.6. The first-order chi connectivity index (χ1) is 14.6. The van der Waals surface area contributed by atoms with Crippen molar-refractivity contribution in [2.24, 2.45) is 0 Å². The summed E-state index contributed by atoms with van der Waals surface area (Å²) in [4.78, 5) is 29.2. The van der Waals surface area contributed by atoms with Crippen LogP contribution in [-0.4, -0.2) is 57.6 Å². The number of rotatable bonds is 3. The molecule has 4 rings (SSSR count). The Hall–Kier alpha value is -3.48. The summed E-state index contributed by atoms with van der Waals surface area (Å²) in [6.45, 7) is 3.66. The number of hydrogen-bond acceptors (Lipinski definition) is 3. The molecule has 1 saturated heterocycles. The third kappa shape index (κ3) is 3.83. The Balaban J connectivity index is 1.47. The summed E-state index contributed by atoms with van der Waals surface area (Å²) in [7, 11) is 0. The number of carbonyl (C=O) groups excluding carboxylic acids is 2. The van der Waals surface area contributed by atoms with Crippen molar-refractivity contribution in [3.63, 3.8) is 0 Å². The number of para-hydroxylation sites is 1. The molecule has 2 aromatic carbocycles. The van der Waals surface area contributed by atoms with Gasteiger partial charge in [-0.2, -0.15) is 5.10 Å². The highest BCUT2D eigenvalue weighted by molar-refractivity contribution is 5.96. The van der Waals surface area contributed by atoms with Crippen molar-refractivity contribution in [2.45, 2.75) is 13.3 Å². The molecule has 30 heavy (non-hydrogen) atoms. The van der Waals surface area contributed by atoms with E-state index in [0.717, 1.165) is 11.4 Å². The average molecular weight is 406 g/mol. The molecule has 0 atom stereocenters. The van der Waals surface area contributed by atoms with Gasteiger partial charge in [-0.3, -0.25) is 9.59 Å². The molecule has 1 aromatic heterocycles. The monoisotopic (exact) mass is 406 g/mol. The number of nitrogens with zero attached hydrogens (tertiary/aromatic N) is 4. The van der Waals surface area contributed by atoms with Gasteiger partial charge in [-0.05, 0) is 37.6 Å². The van der Waals surface area contributed by atoms with Crippen LogP contribution in [0.25, 0.3) is 5.69 Å². The zero-order chi connectivity index (χ0) is 21.1. The van der Waals surface area contributed by atoms with Crippen molar-refractivity contribution < 1.29 is 14.0 Å². The standard InChI is InChI=1S/C23H23FN4O2/c1-17-20(16-25-28(17)18-8-3-2-4-9-18)23(30)27-13-7-12-26(14-15-27)22(29)19-10-5-6-11-21(19)24/h2-6,8-11,16H,7,12-15H2,1H3. The third-order valence-corrected chi connectivity index (χ3v) is 5.42. The largest absolute Gasteiger partial charge is 0.337 e. The van der Waals surface area contributed by atoms with Gasteiger partial charge in [-0.1, -0.05) is 30.3 Å². The number of carbonyl (C=O) groups is 2. The molecule has 1 aliphatic heterocycles. The van der Waals surface area contributed by atoms with Crippen LogP contribution in [0.3, 0.4) is 0 Å². The first-order valence-electron chi connectivity index (χ1n) is 9.99. The first kappa shape index (κ1) is 19.8. The normalized spacial score (nSPS) is 14.5. The molecule has 3 aromatic rings. The summed E-state index contributed by atoms with van der Waals surface area (Å²) >= 11 is 0. The van der Waals surface area contributed by atoms with Crippen molar-refractivity contribution in [2.75, 3.05) is 26.2 Å². The number of amides is 2. The minimum atomic E-state index is -0.524. The van der Waals surface area contributed by atoms with Crippen molar-refractivity contribution in [1.82, 2.24) is 19.6 Å². The van der Waals surface area contributed by atoms with Crippen LogP contribution in [0.5, 0.6) is 0 Å². The predicted molar refractivity (Wildman–Crippen MR) is 111 cm³/mol. The smallest absolute Gasteiger partial charge is 0.257 e. The predicted octanol–water partition coefficient (Wildman–Crippen LogP) is 3.31. The van der Waals surface area contributed by atoms with Crippen LogP contribution >= 0.6 is 0 Å². The first-order valence-corrected chi connectivity index (χ1v) is 9.99. The number of halogens is 1. The molecule has 1 fully saturated rings. The van der Waals surface area contributed by atoms with E-state index in [1.54, 1.807) is 32.8 Å². The number of hydrogen-bond donors (Lipinski definition) is 0. The highest BCUT2D eigenvalue weighted by atomic mass is 19.1. The molecule has 7 heteroatoms. The van der Waals surface area contributed by atoms with Gasteiger partial charge in [0.15, 0.2) is 0 Å². The van der Waals surface area contributed by atoms with Crippen molar-refractivity contribution in [3.8, 4) is 5.69 Å². The van der Waals surface area contributed by atoms with Gasteiger partial charge in [-0.15, -0.1) is 0 Å². The molecule has 2 heterocycles. The number of aromatic nitrogens is 2. The zero-order valence-corrected chi connectivity index (χ0v) is 16.8. The van der Waals surface area contributed by atoms with Gasteiger partial charge in [0.1, 0.15) is 5.82 Å². The topological polar surface area (TPSA) is 58.4 Å². The molecule has 0 N–H and O–H groups in total. The highest BCUT2D eigenvalue weighted by Gasteiger charge is 2.26. The Morgan fingerprint density at radius 2 is 1.43 bits per heavy atom. The third-order valence-electron chi connectivity index (χ3n) is 5.42. The lowest BCUT2D eigenvalue weighted by Gasteiger charge is -2.22. The molecule has 0 unspecified atom stereocenters. The van der Waals surface area contributed by atoms with E-state index >= 15 is 0 Å². The molecule has 0 radical (unpaired) electrons. The molecule has 6 nitrogen and oxygen atoms in total. The second-order valence-corrected chi connectivity index (χ2v) is 7.31. The van der Waals surface area contributed by atoms with E-state index in [-0.39, 0.29) is 17.4 Å². The summed E-state index contributed by atoms with van der Waals surface area (Å²) in [5.41, 5.74) is 2.28. The van der Waals surface area contributed by atoms with E-state index in [1.165, 1.54) is 12.1 Å². The van der Waals surface area contributed by atoms with Crippen LogP contribution in [0.15, 0.2) is 60.8 Å². The van der Waals surface area contributed by atoms with Gasteiger partial charge in [0.2, 0.25) is 0 Å². The Bertz CT molecular complexity index is 1060. The van der Waals surface area contributed by atoms with Crippen molar-refractivity contribution >= 4 is 11.8 Å². The molecule has 2 amide bonds. The van der Waals surface area contributed by atoms with Crippen LogP contribution in [0, 0.1) is 12.7 Å². The SMILES string of the molecule is Cc1c(C(=O)N2CCCN(C(=O)c3ccccc3F)CC2)cnn1-c1ccccc1. The molecule has 0 saturated carbocycles. The van der Waals surface area contributed by atoms with Gasteiger partial charge in [0, 0.05) is 26.2 Å². The molecule has 154 valence electrons. The lowest BCUT2D eigenvalue weighted by atomic mass is 10.2. The Morgan fingerprint density at radius 1 is 0.833 bits per heavy atom. The minimum absolute atomic E-state index is 0.0669. The highest BCUT2D eigenvalue weighted by Crippen LogP contribution is 2.18. The average Bonchev–Trinajstić information content (AvgIpc) is 2.98. The second kappa shape index (κ2) is 8.49. The Morgan fingerprint density at radius 3 is 2.10 bits per heavy atom. The van der Waals surface area contributed by atoms with Crippen LogP contribution in [0.1, 0.15) is 32.8 Å². The van der Waals surface area contributed by atoms with Gasteiger partial charge >= 0.3 is 0 Å². The van der Waals surface area contributed by atoms with E-state index < -0.39 is 5.82 Å². The van der Waals surface area contributed by atoms with Crippen LogP contribution in [0.4, 0.5) is 4.39 Å². The van der Waals surface area contributed by atoms with Gasteiger partial charge < -0.3 is 9.80 Å². The Labute approximate surface area is 174 Å². The summed E-state index contributed by atoms with van der Waals surface area (Å²) < 4.78 is 15.7. The Kier molecular flexibility index (Phi) is 5.61. The molecular formula is C23H23FN4O2. The lowest BCUT2D eigenvalue weighted by molar-refractivity contribution is 0.0715. The summed E-state index contributed by atoms with van der Waals surface area (Å²) in [5, 5.41) is 4.38. The second-order valence-electron chi connectivity index (χ2n) is 7.31. The van der Waals surface area contributed by atoms with Crippen LogP contribution in [0.2, 0.25) is 0 Å². The number of benzene rings is 2. The molecular weight excluding hydrogens is 383 g/mol. The molecule has 0 aliphatic carbocycles. The fourth-order valence-electron chi connectivity index (χ4n) is 3.75. The maximum Gasteiger partial charge on any atom is 0.257 e. The van der Waals surface area contributed by atoms with Crippen LogP contribution in [-0.2, 0) is 0 Å².